The summed E-state index contributed by atoms with van der Waals surface area (Å²) in [6.45, 7) is 23.8. The van der Waals surface area contributed by atoms with Gasteiger partial charge in [-0.05, 0) is 33.3 Å². The Morgan fingerprint density at radius 3 is 1.63 bits per heavy atom. The molecular weight excluding hydrogens is 334 g/mol. The van der Waals surface area contributed by atoms with Gasteiger partial charge in [0.25, 0.3) is 5.91 Å². The third-order valence-electron chi connectivity index (χ3n) is 3.72. The zero-order valence-electron chi connectivity index (χ0n) is 19.9. The minimum Gasteiger partial charge on any atom is -0.328 e. The highest BCUT2D eigenvalue weighted by atomic mass is 16.2. The number of rotatable bonds is 3. The molecule has 0 radical (unpaired) electrons. The van der Waals surface area contributed by atoms with Gasteiger partial charge in [-0.3, -0.25) is 9.59 Å². The lowest BCUT2D eigenvalue weighted by atomic mass is 10.0. The molecule has 2 rings (SSSR count). The summed E-state index contributed by atoms with van der Waals surface area (Å²) >= 11 is 0. The summed E-state index contributed by atoms with van der Waals surface area (Å²) in [5, 5.41) is 0. The van der Waals surface area contributed by atoms with E-state index < -0.39 is 0 Å². The van der Waals surface area contributed by atoms with Crippen LogP contribution in [0.5, 0.6) is 0 Å². The van der Waals surface area contributed by atoms with Gasteiger partial charge in [0, 0.05) is 17.7 Å². The van der Waals surface area contributed by atoms with Gasteiger partial charge >= 0.3 is 0 Å². The van der Waals surface area contributed by atoms with Gasteiger partial charge in [-0.15, -0.1) is 0 Å². The number of ketones is 1. The molecule has 0 saturated heterocycles. The zero-order valence-corrected chi connectivity index (χ0v) is 19.9. The second kappa shape index (κ2) is 17.5. The molecule has 3 heteroatoms. The molecule has 1 heterocycles. The second-order valence-electron chi connectivity index (χ2n) is 5.19. The first-order valence-electron chi connectivity index (χ1n) is 10.5. The van der Waals surface area contributed by atoms with E-state index in [2.05, 4.69) is 0 Å². The number of carbonyl (C=O) groups is 2. The number of nitrogens with zero attached hydrogens (tertiary/aromatic N) is 1. The van der Waals surface area contributed by atoms with Gasteiger partial charge in [0.1, 0.15) is 0 Å². The summed E-state index contributed by atoms with van der Waals surface area (Å²) in [7, 11) is 0. The van der Waals surface area contributed by atoms with Crippen LogP contribution < -0.4 is 0 Å². The van der Waals surface area contributed by atoms with Crippen molar-refractivity contribution < 1.29 is 9.59 Å². The molecule has 0 saturated carbocycles. The minimum absolute atomic E-state index is 0.00949. The standard InChI is InChI=1S/C16H19NO2.4C2H6/c1-10-5-7-14(8-6-10)9-17-12(3)15(13(4)18)11(2)16(17)19;4*1-2/h5-8,12H,9H2,1-4H3;4*1-2H3. The Bertz CT molecular complexity index is 556. The van der Waals surface area contributed by atoms with Crippen LogP contribution in [-0.2, 0) is 16.1 Å². The fourth-order valence-electron chi connectivity index (χ4n) is 2.63. The quantitative estimate of drug-likeness (QED) is 0.585. The average molecular weight is 378 g/mol. The lowest BCUT2D eigenvalue weighted by Crippen LogP contribution is -2.33. The monoisotopic (exact) mass is 377 g/mol. The molecule has 1 aliphatic heterocycles. The minimum atomic E-state index is -0.133. The van der Waals surface area contributed by atoms with E-state index in [1.807, 2.05) is 93.5 Å². The predicted octanol–water partition coefficient (Wildman–Crippen LogP) is 6.74. The molecule has 1 unspecified atom stereocenters. The maximum absolute atomic E-state index is 12.2. The number of aryl methyl sites for hydroxylation is 1. The molecule has 156 valence electrons. The van der Waals surface area contributed by atoms with E-state index in [-0.39, 0.29) is 17.7 Å². The average Bonchev–Trinajstić information content (AvgIpc) is 2.93. The first-order valence-corrected chi connectivity index (χ1v) is 10.5. The summed E-state index contributed by atoms with van der Waals surface area (Å²) < 4.78 is 0. The summed E-state index contributed by atoms with van der Waals surface area (Å²) in [6.07, 6.45) is 0. The third-order valence-corrected chi connectivity index (χ3v) is 3.72. The van der Waals surface area contributed by atoms with E-state index in [1.54, 1.807) is 11.8 Å². The van der Waals surface area contributed by atoms with E-state index in [4.69, 9.17) is 0 Å². The molecule has 0 spiro atoms. The van der Waals surface area contributed by atoms with Crippen LogP contribution in [0.1, 0.15) is 87.3 Å². The predicted molar refractivity (Wildman–Crippen MR) is 120 cm³/mol. The zero-order chi connectivity index (χ0) is 22.2. The van der Waals surface area contributed by atoms with Crippen molar-refractivity contribution >= 4 is 11.7 Å². The smallest absolute Gasteiger partial charge is 0.250 e. The van der Waals surface area contributed by atoms with Crippen LogP contribution in [0.3, 0.4) is 0 Å². The fourth-order valence-corrected chi connectivity index (χ4v) is 2.63. The van der Waals surface area contributed by atoms with Crippen LogP contribution >= 0.6 is 0 Å². The van der Waals surface area contributed by atoms with E-state index >= 15 is 0 Å². The van der Waals surface area contributed by atoms with Crippen LogP contribution in [-0.4, -0.2) is 22.6 Å². The highest BCUT2D eigenvalue weighted by molar-refractivity contribution is 6.08. The molecular formula is C24H43NO2. The van der Waals surface area contributed by atoms with Crippen molar-refractivity contribution in [2.45, 2.75) is 95.7 Å². The van der Waals surface area contributed by atoms with Crippen molar-refractivity contribution in [2.75, 3.05) is 0 Å². The number of hydrogen-bond donors (Lipinski definition) is 0. The van der Waals surface area contributed by atoms with Crippen molar-refractivity contribution in [3.63, 3.8) is 0 Å². The van der Waals surface area contributed by atoms with Crippen LogP contribution in [0.25, 0.3) is 0 Å². The SMILES string of the molecule is CC.CC.CC.CC.CC(=O)C1=C(C)C(=O)N(Cc2ccc(C)cc2)C1C. The van der Waals surface area contributed by atoms with E-state index in [1.165, 1.54) is 12.5 Å². The molecule has 0 aromatic heterocycles. The highest BCUT2D eigenvalue weighted by Crippen LogP contribution is 2.27. The van der Waals surface area contributed by atoms with Gasteiger partial charge in [-0.2, -0.15) is 0 Å². The topological polar surface area (TPSA) is 37.4 Å². The lowest BCUT2D eigenvalue weighted by molar-refractivity contribution is -0.127. The van der Waals surface area contributed by atoms with Gasteiger partial charge in [-0.1, -0.05) is 85.2 Å². The molecule has 1 atom stereocenters. The molecule has 1 aromatic rings. The number of hydrogen-bond acceptors (Lipinski definition) is 2. The van der Waals surface area contributed by atoms with Crippen molar-refractivity contribution in [2.24, 2.45) is 0 Å². The lowest BCUT2D eigenvalue weighted by Gasteiger charge is -2.23. The molecule has 1 aliphatic rings. The van der Waals surface area contributed by atoms with Crippen LogP contribution in [0.15, 0.2) is 35.4 Å². The van der Waals surface area contributed by atoms with Crippen molar-refractivity contribution in [1.29, 1.82) is 0 Å². The molecule has 1 aromatic carbocycles. The largest absolute Gasteiger partial charge is 0.328 e. The van der Waals surface area contributed by atoms with Crippen LogP contribution in [0, 0.1) is 6.92 Å². The summed E-state index contributed by atoms with van der Waals surface area (Å²) in [5.74, 6) is -0.0389. The van der Waals surface area contributed by atoms with E-state index in [9.17, 15) is 9.59 Å². The Balaban J connectivity index is -0.000000638. The van der Waals surface area contributed by atoms with E-state index in [0.29, 0.717) is 17.7 Å². The molecule has 0 N–H and O–H groups in total. The van der Waals surface area contributed by atoms with Crippen LogP contribution in [0.4, 0.5) is 0 Å². The van der Waals surface area contributed by atoms with Crippen molar-refractivity contribution in [1.82, 2.24) is 4.90 Å². The summed E-state index contributed by atoms with van der Waals surface area (Å²) in [6, 6.07) is 7.98. The van der Waals surface area contributed by atoms with Crippen molar-refractivity contribution in [3.8, 4) is 0 Å². The number of benzene rings is 1. The third kappa shape index (κ3) is 9.03. The Morgan fingerprint density at radius 1 is 0.889 bits per heavy atom. The Kier molecular flexibility index (Phi) is 19.4. The van der Waals surface area contributed by atoms with Crippen molar-refractivity contribution in [3.05, 3.63) is 46.5 Å². The Morgan fingerprint density at radius 2 is 1.30 bits per heavy atom. The molecule has 3 nitrogen and oxygen atoms in total. The molecule has 1 amide bonds. The van der Waals surface area contributed by atoms with Gasteiger partial charge in [0.05, 0.1) is 6.04 Å². The molecule has 0 fully saturated rings. The Hall–Kier alpha value is -1.90. The maximum Gasteiger partial charge on any atom is 0.250 e. The maximum atomic E-state index is 12.2. The summed E-state index contributed by atoms with van der Waals surface area (Å²) in [5.41, 5.74) is 3.52. The Labute approximate surface area is 168 Å². The van der Waals surface area contributed by atoms with E-state index in [0.717, 1.165) is 5.56 Å². The normalized spacial score (nSPS) is 14.4. The highest BCUT2D eigenvalue weighted by Gasteiger charge is 2.35. The van der Waals surface area contributed by atoms with Gasteiger partial charge in [0.2, 0.25) is 0 Å². The second-order valence-corrected chi connectivity index (χ2v) is 5.19. The molecule has 0 bridgehead atoms. The first-order chi connectivity index (χ1) is 12.9. The summed E-state index contributed by atoms with van der Waals surface area (Å²) in [4.78, 5) is 25.6. The molecule has 0 aliphatic carbocycles. The van der Waals surface area contributed by atoms with Gasteiger partial charge in [0.15, 0.2) is 5.78 Å². The fraction of sp³-hybridized carbons (Fsp3) is 0.583. The first kappa shape index (κ1) is 29.8. The van der Waals surface area contributed by atoms with Gasteiger partial charge < -0.3 is 4.90 Å². The number of amides is 1. The van der Waals surface area contributed by atoms with Gasteiger partial charge in [-0.25, -0.2) is 0 Å². The molecule has 27 heavy (non-hydrogen) atoms. The number of carbonyl (C=O) groups excluding carboxylic acids is 2. The van der Waals surface area contributed by atoms with Crippen LogP contribution in [0.2, 0.25) is 0 Å². The number of Topliss-reactive ketones (excluding diaryl/α,β-unsaturated/α-hetero) is 1.